The molecule has 0 amide bonds. The maximum absolute atomic E-state index is 13.0. The van der Waals surface area contributed by atoms with Gasteiger partial charge in [-0.3, -0.25) is 4.79 Å². The van der Waals surface area contributed by atoms with Gasteiger partial charge in [0.1, 0.15) is 5.92 Å². The SMILES string of the molecule is CCCCCCCCCCCCCCOC(=O)C1C2CCCC1(C(=O)OCCCCCCCCCCCCCC)O2. The van der Waals surface area contributed by atoms with Gasteiger partial charge >= 0.3 is 11.9 Å². The molecular formula is C36H66O5. The Labute approximate surface area is 253 Å². The van der Waals surface area contributed by atoms with Crippen LogP contribution < -0.4 is 0 Å². The second kappa shape index (κ2) is 23.4. The molecule has 1 aliphatic carbocycles. The van der Waals surface area contributed by atoms with Gasteiger partial charge in [-0.05, 0) is 32.1 Å². The van der Waals surface area contributed by atoms with E-state index in [0.717, 1.165) is 38.5 Å². The minimum Gasteiger partial charge on any atom is -0.465 e. The fraction of sp³-hybridized carbons (Fsp3) is 0.944. The molecule has 0 aromatic rings. The highest BCUT2D eigenvalue weighted by atomic mass is 16.6. The van der Waals surface area contributed by atoms with E-state index in [1.165, 1.54) is 128 Å². The van der Waals surface area contributed by atoms with Gasteiger partial charge in [-0.25, -0.2) is 4.79 Å². The highest BCUT2D eigenvalue weighted by Gasteiger charge is 2.67. The van der Waals surface area contributed by atoms with Crippen molar-refractivity contribution in [2.24, 2.45) is 5.92 Å². The van der Waals surface area contributed by atoms with Crippen LogP contribution in [0, 0.1) is 5.92 Å². The Morgan fingerprint density at radius 1 is 0.585 bits per heavy atom. The number of rotatable bonds is 28. The van der Waals surface area contributed by atoms with Crippen molar-refractivity contribution in [2.45, 2.75) is 199 Å². The molecule has 3 unspecified atom stereocenters. The van der Waals surface area contributed by atoms with Gasteiger partial charge in [0.25, 0.3) is 0 Å². The molecule has 1 saturated carbocycles. The van der Waals surface area contributed by atoms with Gasteiger partial charge in [-0.2, -0.15) is 0 Å². The van der Waals surface area contributed by atoms with Crippen molar-refractivity contribution < 1.29 is 23.8 Å². The zero-order chi connectivity index (χ0) is 29.4. The summed E-state index contributed by atoms with van der Waals surface area (Å²) in [6.45, 7) is 5.40. The lowest BCUT2D eigenvalue weighted by Gasteiger charge is -2.54. The standard InChI is InChI=1S/C36H66O5/c1-3-5-7-9-11-13-15-17-19-21-23-25-30-39-34(37)33-32-28-27-29-36(33,41-32)35(38)40-31-26-24-22-20-18-16-14-12-10-8-6-4-2/h32-33H,3-31H2,1-2H3. The van der Waals surface area contributed by atoms with Crippen molar-refractivity contribution in [3.8, 4) is 0 Å². The first-order chi connectivity index (χ1) is 20.2. The molecule has 0 aromatic carbocycles. The molecule has 2 bridgehead atoms. The van der Waals surface area contributed by atoms with E-state index in [9.17, 15) is 9.59 Å². The topological polar surface area (TPSA) is 61.8 Å². The second-order valence-corrected chi connectivity index (χ2v) is 13.0. The molecule has 0 N–H and O–H groups in total. The first-order valence-corrected chi connectivity index (χ1v) is 18.2. The Morgan fingerprint density at radius 3 is 1.39 bits per heavy atom. The Hall–Kier alpha value is -1.10. The summed E-state index contributed by atoms with van der Waals surface area (Å²) in [4.78, 5) is 25.9. The maximum atomic E-state index is 13.0. The summed E-state index contributed by atoms with van der Waals surface area (Å²) >= 11 is 0. The number of unbranched alkanes of at least 4 members (excludes halogenated alkanes) is 22. The van der Waals surface area contributed by atoms with Crippen LogP contribution in [0.3, 0.4) is 0 Å². The highest BCUT2D eigenvalue weighted by Crippen LogP contribution is 2.50. The highest BCUT2D eigenvalue weighted by molar-refractivity contribution is 5.90. The predicted octanol–water partition coefficient (Wildman–Crippen LogP) is 10.4. The Bertz CT molecular complexity index is 660. The van der Waals surface area contributed by atoms with Crippen molar-refractivity contribution >= 4 is 11.9 Å². The number of carbonyl (C=O) groups is 2. The number of fused-ring (bicyclic) bond motifs is 2. The summed E-state index contributed by atoms with van der Waals surface area (Å²) in [7, 11) is 0. The number of esters is 2. The zero-order valence-corrected chi connectivity index (χ0v) is 27.2. The van der Waals surface area contributed by atoms with Crippen LogP contribution in [0.1, 0.15) is 187 Å². The van der Waals surface area contributed by atoms with Crippen LogP contribution in [-0.4, -0.2) is 36.9 Å². The lowest BCUT2D eigenvalue weighted by atomic mass is 9.67. The number of ether oxygens (including phenoxy) is 3. The summed E-state index contributed by atoms with van der Waals surface area (Å²) in [5.41, 5.74) is -1.09. The maximum Gasteiger partial charge on any atom is 0.339 e. The van der Waals surface area contributed by atoms with Crippen LogP contribution in [0.25, 0.3) is 0 Å². The minimum atomic E-state index is -1.09. The van der Waals surface area contributed by atoms with Crippen molar-refractivity contribution in [1.82, 2.24) is 0 Å². The largest absolute Gasteiger partial charge is 0.465 e. The minimum absolute atomic E-state index is 0.183. The molecule has 41 heavy (non-hydrogen) atoms. The molecular weight excluding hydrogens is 512 g/mol. The quantitative estimate of drug-likeness (QED) is 0.0682. The molecule has 3 atom stereocenters. The summed E-state index contributed by atoms with van der Waals surface area (Å²) in [6, 6.07) is 0. The number of hydrogen-bond donors (Lipinski definition) is 0. The van der Waals surface area contributed by atoms with Gasteiger partial charge in [-0.15, -0.1) is 0 Å². The van der Waals surface area contributed by atoms with Crippen molar-refractivity contribution in [2.75, 3.05) is 13.2 Å². The third kappa shape index (κ3) is 14.3. The first-order valence-electron chi connectivity index (χ1n) is 18.2. The Balaban J connectivity index is 1.48. The average Bonchev–Trinajstić information content (AvgIpc) is 2.97. The monoisotopic (exact) mass is 578 g/mol. The third-order valence-electron chi connectivity index (χ3n) is 9.35. The van der Waals surface area contributed by atoms with E-state index in [-0.39, 0.29) is 18.0 Å². The fourth-order valence-electron chi connectivity index (χ4n) is 6.70. The average molecular weight is 579 g/mol. The van der Waals surface area contributed by atoms with Gasteiger partial charge in [0.15, 0.2) is 5.60 Å². The smallest absolute Gasteiger partial charge is 0.339 e. The van der Waals surface area contributed by atoms with Gasteiger partial charge in [-0.1, -0.05) is 155 Å². The molecule has 3 fully saturated rings. The van der Waals surface area contributed by atoms with E-state index in [2.05, 4.69) is 13.8 Å². The lowest BCUT2D eigenvalue weighted by Crippen LogP contribution is -2.70. The Morgan fingerprint density at radius 2 is 0.976 bits per heavy atom. The van der Waals surface area contributed by atoms with Crippen LogP contribution in [0.4, 0.5) is 0 Å². The molecule has 2 aliphatic heterocycles. The third-order valence-corrected chi connectivity index (χ3v) is 9.35. The molecule has 0 spiro atoms. The van der Waals surface area contributed by atoms with Gasteiger partial charge < -0.3 is 14.2 Å². The number of hydrogen-bond acceptors (Lipinski definition) is 5. The van der Waals surface area contributed by atoms with Gasteiger partial charge in [0, 0.05) is 0 Å². The molecule has 240 valence electrons. The van der Waals surface area contributed by atoms with E-state index in [0.29, 0.717) is 19.6 Å². The van der Waals surface area contributed by atoms with Gasteiger partial charge in [0.05, 0.1) is 19.3 Å². The summed E-state index contributed by atoms with van der Waals surface area (Å²) in [5.74, 6) is -1.08. The van der Waals surface area contributed by atoms with Crippen molar-refractivity contribution in [3.05, 3.63) is 0 Å². The number of carbonyl (C=O) groups excluding carboxylic acids is 2. The van der Waals surface area contributed by atoms with Crippen LogP contribution >= 0.6 is 0 Å². The van der Waals surface area contributed by atoms with Gasteiger partial charge in [0.2, 0.25) is 0 Å². The molecule has 5 nitrogen and oxygen atoms in total. The van der Waals surface area contributed by atoms with E-state index in [1.807, 2.05) is 0 Å². The van der Waals surface area contributed by atoms with E-state index in [1.54, 1.807) is 0 Å². The zero-order valence-electron chi connectivity index (χ0n) is 27.2. The second-order valence-electron chi connectivity index (χ2n) is 13.0. The molecule has 2 saturated heterocycles. The first kappa shape index (κ1) is 36.1. The van der Waals surface area contributed by atoms with E-state index in [4.69, 9.17) is 14.2 Å². The van der Waals surface area contributed by atoms with E-state index < -0.39 is 11.5 Å². The molecule has 3 aliphatic rings. The van der Waals surface area contributed by atoms with Crippen molar-refractivity contribution in [1.29, 1.82) is 0 Å². The summed E-state index contributed by atoms with van der Waals surface area (Å²) < 4.78 is 17.3. The molecule has 0 radical (unpaired) electrons. The Kier molecular flexibility index (Phi) is 20.6. The van der Waals surface area contributed by atoms with Crippen LogP contribution in [0.5, 0.6) is 0 Å². The van der Waals surface area contributed by atoms with Crippen LogP contribution in [-0.2, 0) is 23.8 Å². The normalized spacial score (nSPS) is 21.4. The van der Waals surface area contributed by atoms with Crippen molar-refractivity contribution in [3.63, 3.8) is 0 Å². The van der Waals surface area contributed by atoms with Crippen LogP contribution in [0.2, 0.25) is 0 Å². The lowest BCUT2D eigenvalue weighted by molar-refractivity contribution is -0.284. The summed E-state index contributed by atoms with van der Waals surface area (Å²) in [6.07, 6.45) is 32.8. The molecule has 3 rings (SSSR count). The van der Waals surface area contributed by atoms with E-state index >= 15 is 0 Å². The molecule has 0 aromatic heterocycles. The summed E-state index contributed by atoms with van der Waals surface area (Å²) in [5, 5.41) is 0. The predicted molar refractivity (Wildman–Crippen MR) is 169 cm³/mol. The molecule has 2 heterocycles. The molecule has 5 heteroatoms. The fourth-order valence-corrected chi connectivity index (χ4v) is 6.70. The van der Waals surface area contributed by atoms with Crippen LogP contribution in [0.15, 0.2) is 0 Å².